The second kappa shape index (κ2) is 5.08. The molecule has 0 aliphatic rings. The molecule has 0 heterocycles. The van der Waals surface area contributed by atoms with Crippen LogP contribution in [0, 0.1) is 0 Å². The van der Waals surface area contributed by atoms with E-state index in [0.717, 1.165) is 5.56 Å². The minimum atomic E-state index is -0.334. The number of rotatable bonds is 4. The number of halogens is 1. The molecule has 1 atom stereocenters. The normalized spacial score (nSPS) is 12.2. The van der Waals surface area contributed by atoms with Gasteiger partial charge in [0.2, 0.25) is 0 Å². The van der Waals surface area contributed by atoms with Gasteiger partial charge in [0.15, 0.2) is 0 Å². The van der Waals surface area contributed by atoms with Crippen molar-refractivity contribution in [2.75, 3.05) is 0 Å². The van der Waals surface area contributed by atoms with Gasteiger partial charge in [-0.25, -0.2) is 0 Å². The molecule has 15 heavy (non-hydrogen) atoms. The van der Waals surface area contributed by atoms with E-state index in [1.807, 2.05) is 0 Å². The standard InChI is InChI=1S/C12H13ClO2/c1-8(14)7-12(9(2)15)10-3-5-11(13)6-4-10/h3-6,12H,7H2,1-2H3/t12-/m0/s1. The van der Waals surface area contributed by atoms with Crippen molar-refractivity contribution in [1.29, 1.82) is 0 Å². The molecule has 0 saturated carbocycles. The first kappa shape index (κ1) is 11.9. The summed E-state index contributed by atoms with van der Waals surface area (Å²) in [5.41, 5.74) is 0.849. The van der Waals surface area contributed by atoms with Crippen LogP contribution in [0.1, 0.15) is 31.7 Å². The van der Waals surface area contributed by atoms with Gasteiger partial charge in [0.1, 0.15) is 11.6 Å². The summed E-state index contributed by atoms with van der Waals surface area (Å²) in [4.78, 5) is 22.4. The van der Waals surface area contributed by atoms with Crippen molar-refractivity contribution >= 4 is 23.2 Å². The molecule has 0 unspecified atom stereocenters. The average Bonchev–Trinajstić information content (AvgIpc) is 2.15. The smallest absolute Gasteiger partial charge is 0.137 e. The molecule has 1 aromatic carbocycles. The molecule has 80 valence electrons. The Morgan fingerprint density at radius 1 is 1.20 bits per heavy atom. The number of ketones is 2. The maximum Gasteiger partial charge on any atom is 0.137 e. The Kier molecular flexibility index (Phi) is 4.04. The van der Waals surface area contributed by atoms with Crippen LogP contribution in [0.4, 0.5) is 0 Å². The van der Waals surface area contributed by atoms with Crippen LogP contribution < -0.4 is 0 Å². The van der Waals surface area contributed by atoms with Crippen molar-refractivity contribution in [1.82, 2.24) is 0 Å². The van der Waals surface area contributed by atoms with Crippen LogP contribution in [0.3, 0.4) is 0 Å². The van der Waals surface area contributed by atoms with Crippen LogP contribution in [-0.2, 0) is 9.59 Å². The van der Waals surface area contributed by atoms with E-state index >= 15 is 0 Å². The van der Waals surface area contributed by atoms with Crippen LogP contribution in [-0.4, -0.2) is 11.6 Å². The first-order valence-corrected chi connectivity index (χ1v) is 5.14. The van der Waals surface area contributed by atoms with Gasteiger partial charge in [0.25, 0.3) is 0 Å². The molecule has 0 aliphatic carbocycles. The van der Waals surface area contributed by atoms with Gasteiger partial charge >= 0.3 is 0 Å². The number of hydrogen-bond acceptors (Lipinski definition) is 2. The molecule has 0 spiro atoms. The summed E-state index contributed by atoms with van der Waals surface area (Å²) in [5.74, 6) is -0.308. The Morgan fingerprint density at radius 3 is 2.13 bits per heavy atom. The zero-order valence-corrected chi connectivity index (χ0v) is 9.54. The molecular formula is C12H13ClO2. The fourth-order valence-corrected chi connectivity index (χ4v) is 1.60. The Morgan fingerprint density at radius 2 is 1.73 bits per heavy atom. The molecule has 0 bridgehead atoms. The molecule has 0 radical (unpaired) electrons. The molecule has 0 saturated heterocycles. The molecule has 0 fully saturated rings. The van der Waals surface area contributed by atoms with E-state index in [1.165, 1.54) is 13.8 Å². The fourth-order valence-electron chi connectivity index (χ4n) is 1.48. The largest absolute Gasteiger partial charge is 0.300 e. The average molecular weight is 225 g/mol. The van der Waals surface area contributed by atoms with E-state index < -0.39 is 0 Å². The summed E-state index contributed by atoms with van der Waals surface area (Å²) >= 11 is 5.75. The molecular weight excluding hydrogens is 212 g/mol. The van der Waals surface area contributed by atoms with Crippen molar-refractivity contribution in [2.45, 2.75) is 26.2 Å². The SMILES string of the molecule is CC(=O)C[C@@H](C(C)=O)c1ccc(Cl)cc1. The third-order valence-electron chi connectivity index (χ3n) is 2.25. The van der Waals surface area contributed by atoms with Crippen LogP contribution in [0.15, 0.2) is 24.3 Å². The molecule has 0 aromatic heterocycles. The summed E-state index contributed by atoms with van der Waals surface area (Å²) in [7, 11) is 0. The highest BCUT2D eigenvalue weighted by Gasteiger charge is 2.18. The van der Waals surface area contributed by atoms with Gasteiger partial charge in [-0.1, -0.05) is 23.7 Å². The number of hydrogen-bond donors (Lipinski definition) is 0. The van der Waals surface area contributed by atoms with Crippen LogP contribution >= 0.6 is 11.6 Å². The highest BCUT2D eigenvalue weighted by molar-refractivity contribution is 6.30. The minimum absolute atomic E-state index is 0.00697. The highest BCUT2D eigenvalue weighted by Crippen LogP contribution is 2.22. The van der Waals surface area contributed by atoms with Crippen molar-refractivity contribution in [3.05, 3.63) is 34.9 Å². The zero-order valence-electron chi connectivity index (χ0n) is 8.79. The van der Waals surface area contributed by atoms with Crippen LogP contribution in [0.2, 0.25) is 5.02 Å². The Labute approximate surface area is 94.2 Å². The number of benzene rings is 1. The van der Waals surface area contributed by atoms with Crippen molar-refractivity contribution in [2.24, 2.45) is 0 Å². The van der Waals surface area contributed by atoms with Crippen LogP contribution in [0.25, 0.3) is 0 Å². The van der Waals surface area contributed by atoms with Gasteiger partial charge in [-0.2, -0.15) is 0 Å². The number of Topliss-reactive ketones (excluding diaryl/α,β-unsaturated/α-hetero) is 2. The van der Waals surface area contributed by atoms with Gasteiger partial charge < -0.3 is 0 Å². The van der Waals surface area contributed by atoms with Gasteiger partial charge in [-0.15, -0.1) is 0 Å². The summed E-state index contributed by atoms with van der Waals surface area (Å²) in [5, 5.41) is 0.629. The van der Waals surface area contributed by atoms with E-state index in [9.17, 15) is 9.59 Å². The van der Waals surface area contributed by atoms with E-state index in [2.05, 4.69) is 0 Å². The third-order valence-corrected chi connectivity index (χ3v) is 2.51. The fraction of sp³-hybridized carbons (Fsp3) is 0.333. The summed E-state index contributed by atoms with van der Waals surface area (Å²) in [6, 6.07) is 7.04. The van der Waals surface area contributed by atoms with Gasteiger partial charge in [0.05, 0.1) is 0 Å². The highest BCUT2D eigenvalue weighted by atomic mass is 35.5. The Bertz CT molecular complexity index is 368. The van der Waals surface area contributed by atoms with E-state index in [1.54, 1.807) is 24.3 Å². The Balaban J connectivity index is 2.94. The summed E-state index contributed by atoms with van der Waals surface area (Å²) in [6.07, 6.45) is 0.261. The van der Waals surface area contributed by atoms with E-state index in [4.69, 9.17) is 11.6 Å². The van der Waals surface area contributed by atoms with Crippen molar-refractivity contribution < 1.29 is 9.59 Å². The summed E-state index contributed by atoms with van der Waals surface area (Å²) in [6.45, 7) is 2.99. The number of carbonyl (C=O) groups is 2. The minimum Gasteiger partial charge on any atom is -0.300 e. The van der Waals surface area contributed by atoms with Gasteiger partial charge in [-0.05, 0) is 31.5 Å². The predicted octanol–water partition coefficient (Wildman–Crippen LogP) is 2.99. The lowest BCUT2D eigenvalue weighted by Crippen LogP contribution is -2.12. The second-order valence-corrected chi connectivity index (χ2v) is 4.06. The molecule has 0 aliphatic heterocycles. The third kappa shape index (κ3) is 3.48. The quantitative estimate of drug-likeness (QED) is 0.788. The van der Waals surface area contributed by atoms with Gasteiger partial charge in [0, 0.05) is 17.4 Å². The topological polar surface area (TPSA) is 34.1 Å². The van der Waals surface area contributed by atoms with Gasteiger partial charge in [-0.3, -0.25) is 9.59 Å². The number of carbonyl (C=O) groups excluding carboxylic acids is 2. The van der Waals surface area contributed by atoms with Crippen LogP contribution in [0.5, 0.6) is 0 Å². The lowest BCUT2D eigenvalue weighted by molar-refractivity contribution is -0.123. The lowest BCUT2D eigenvalue weighted by atomic mass is 9.91. The molecule has 1 aromatic rings. The monoisotopic (exact) mass is 224 g/mol. The second-order valence-electron chi connectivity index (χ2n) is 3.62. The maximum atomic E-state index is 11.4. The lowest BCUT2D eigenvalue weighted by Gasteiger charge is -2.12. The first-order valence-electron chi connectivity index (χ1n) is 4.76. The molecule has 2 nitrogen and oxygen atoms in total. The maximum absolute atomic E-state index is 11.4. The van der Waals surface area contributed by atoms with E-state index in [-0.39, 0.29) is 23.9 Å². The summed E-state index contributed by atoms with van der Waals surface area (Å²) < 4.78 is 0. The first-order chi connectivity index (χ1) is 7.00. The Hall–Kier alpha value is -1.15. The molecule has 0 N–H and O–H groups in total. The predicted molar refractivity (Wildman–Crippen MR) is 60.2 cm³/mol. The molecule has 1 rings (SSSR count). The van der Waals surface area contributed by atoms with Crippen molar-refractivity contribution in [3.8, 4) is 0 Å². The van der Waals surface area contributed by atoms with E-state index in [0.29, 0.717) is 5.02 Å². The van der Waals surface area contributed by atoms with Crippen molar-refractivity contribution in [3.63, 3.8) is 0 Å². The molecule has 3 heteroatoms. The molecule has 0 amide bonds. The zero-order chi connectivity index (χ0) is 11.4.